The van der Waals surface area contributed by atoms with E-state index >= 15 is 0 Å². The van der Waals surface area contributed by atoms with E-state index in [-0.39, 0.29) is 34.4 Å². The Hall–Kier alpha value is -2.30. The first-order valence-electron chi connectivity index (χ1n) is 15.6. The Kier molecular flexibility index (Phi) is 11.8. The molecule has 43 heavy (non-hydrogen) atoms. The molecule has 3 aliphatic heterocycles. The van der Waals surface area contributed by atoms with Crippen LogP contribution in [-0.2, 0) is 14.4 Å². The minimum absolute atomic E-state index is 0.00505. The van der Waals surface area contributed by atoms with Gasteiger partial charge in [0, 0.05) is 48.6 Å². The van der Waals surface area contributed by atoms with Gasteiger partial charge in [-0.2, -0.15) is 0 Å². The SMILES string of the molecule is C=CCN(CCCC)C(=O)C1N(CCCCCO)C(=O)[C@@H]2[C@@H](C(=O)N(CC=C)c3ccc(OCC)cc3)[C@@H]3SC12CC3Br. The third-order valence-corrected chi connectivity index (χ3v) is 12.1. The minimum atomic E-state index is -0.700. The van der Waals surface area contributed by atoms with Crippen LogP contribution in [0.4, 0.5) is 5.69 Å². The Labute approximate surface area is 269 Å². The Morgan fingerprint density at radius 2 is 1.84 bits per heavy atom. The number of nitrogens with zero attached hydrogens (tertiary/aromatic N) is 3. The summed E-state index contributed by atoms with van der Waals surface area (Å²) in [5.74, 6) is -0.724. The number of carbonyl (C=O) groups is 3. The first kappa shape index (κ1) is 33.6. The molecule has 3 heterocycles. The van der Waals surface area contributed by atoms with Gasteiger partial charge in [0.1, 0.15) is 11.8 Å². The summed E-state index contributed by atoms with van der Waals surface area (Å²) < 4.78 is 4.90. The summed E-state index contributed by atoms with van der Waals surface area (Å²) >= 11 is 5.54. The summed E-state index contributed by atoms with van der Waals surface area (Å²) in [6.07, 6.45) is 8.00. The molecule has 4 rings (SSSR count). The summed E-state index contributed by atoms with van der Waals surface area (Å²) in [7, 11) is 0. The van der Waals surface area contributed by atoms with E-state index < -0.39 is 22.6 Å². The molecule has 3 unspecified atom stereocenters. The number of halogens is 1. The Balaban J connectivity index is 1.72. The molecule has 0 aromatic heterocycles. The van der Waals surface area contributed by atoms with Gasteiger partial charge in [-0.05, 0) is 63.3 Å². The van der Waals surface area contributed by atoms with Gasteiger partial charge in [-0.3, -0.25) is 14.4 Å². The molecular formula is C33H46BrN3O5S. The molecule has 0 saturated carbocycles. The van der Waals surface area contributed by atoms with Gasteiger partial charge < -0.3 is 24.5 Å². The fraction of sp³-hybridized carbons (Fsp3) is 0.606. The number of likely N-dealkylation sites (tertiary alicyclic amines) is 1. The lowest BCUT2D eigenvalue weighted by Gasteiger charge is -2.38. The van der Waals surface area contributed by atoms with Crippen molar-refractivity contribution in [3.8, 4) is 5.75 Å². The molecule has 8 nitrogen and oxygen atoms in total. The number of thioether (sulfide) groups is 1. The predicted octanol–water partition coefficient (Wildman–Crippen LogP) is 5.05. The number of unbranched alkanes of at least 4 members (excludes halogenated alkanes) is 3. The van der Waals surface area contributed by atoms with Crippen molar-refractivity contribution in [1.82, 2.24) is 9.80 Å². The normalized spacial score (nSPS) is 27.2. The Bertz CT molecular complexity index is 1170. The number of alkyl halides is 1. The van der Waals surface area contributed by atoms with E-state index in [4.69, 9.17) is 4.74 Å². The predicted molar refractivity (Wildman–Crippen MR) is 177 cm³/mol. The van der Waals surface area contributed by atoms with Crippen molar-refractivity contribution in [3.63, 3.8) is 0 Å². The molecule has 1 N–H and O–H groups in total. The topological polar surface area (TPSA) is 90.4 Å². The zero-order valence-corrected chi connectivity index (χ0v) is 27.9. The van der Waals surface area contributed by atoms with E-state index in [1.807, 2.05) is 36.1 Å². The van der Waals surface area contributed by atoms with Crippen molar-refractivity contribution < 1.29 is 24.2 Å². The maximum Gasteiger partial charge on any atom is 0.247 e. The molecule has 236 valence electrons. The summed E-state index contributed by atoms with van der Waals surface area (Å²) in [4.78, 5) is 48.7. The summed E-state index contributed by atoms with van der Waals surface area (Å²) in [5, 5.41) is 9.19. The van der Waals surface area contributed by atoms with Gasteiger partial charge in [0.2, 0.25) is 17.7 Å². The lowest BCUT2D eigenvalue weighted by atomic mass is 9.70. The van der Waals surface area contributed by atoms with Crippen LogP contribution in [0.3, 0.4) is 0 Å². The van der Waals surface area contributed by atoms with Crippen LogP contribution < -0.4 is 9.64 Å². The maximum atomic E-state index is 14.5. The lowest BCUT2D eigenvalue weighted by molar-refractivity contribution is -0.142. The van der Waals surface area contributed by atoms with Gasteiger partial charge in [0.05, 0.1) is 23.2 Å². The van der Waals surface area contributed by atoms with Crippen molar-refractivity contribution in [3.05, 3.63) is 49.6 Å². The number of benzene rings is 1. The van der Waals surface area contributed by atoms with Crippen LogP contribution in [0.25, 0.3) is 0 Å². The lowest BCUT2D eigenvalue weighted by Crippen LogP contribution is -2.56. The van der Waals surface area contributed by atoms with Crippen LogP contribution in [0, 0.1) is 11.8 Å². The summed E-state index contributed by atoms with van der Waals surface area (Å²) in [6, 6.07) is 6.78. The fourth-order valence-electron chi connectivity index (χ4n) is 6.99. The highest BCUT2D eigenvalue weighted by atomic mass is 79.9. The van der Waals surface area contributed by atoms with Crippen LogP contribution in [0.15, 0.2) is 49.6 Å². The number of aliphatic hydroxyl groups is 1. The molecule has 1 spiro atoms. The standard InChI is InChI=1S/C33H46BrN3O5S/c1-5-9-19-35(17-6-2)32(41)29-33-22-25(34)28(43-33)26(27(33)31(40)37(29)20-11-10-12-21-38)30(39)36(18-7-3)23-13-15-24(16-14-23)42-8-4/h6-7,13-16,25-29,38H,2-3,5,8-12,17-22H2,1,4H3/t25?,26-,27+,28-,29?,33?/m1/s1. The minimum Gasteiger partial charge on any atom is -0.494 e. The Morgan fingerprint density at radius 3 is 2.47 bits per heavy atom. The number of amides is 3. The van der Waals surface area contributed by atoms with Gasteiger partial charge in [0.15, 0.2) is 0 Å². The molecule has 3 saturated heterocycles. The zero-order chi connectivity index (χ0) is 31.1. The second-order valence-electron chi connectivity index (χ2n) is 11.6. The highest BCUT2D eigenvalue weighted by Crippen LogP contribution is 2.68. The molecule has 1 aromatic rings. The Morgan fingerprint density at radius 1 is 1.12 bits per heavy atom. The van der Waals surface area contributed by atoms with Crippen LogP contribution in [0.2, 0.25) is 0 Å². The number of carbonyl (C=O) groups excluding carboxylic acids is 3. The molecule has 0 radical (unpaired) electrons. The van der Waals surface area contributed by atoms with Crippen molar-refractivity contribution in [2.24, 2.45) is 11.8 Å². The molecule has 3 aliphatic rings. The van der Waals surface area contributed by atoms with Crippen molar-refractivity contribution in [2.45, 2.75) is 73.2 Å². The van der Waals surface area contributed by atoms with E-state index in [2.05, 4.69) is 36.0 Å². The molecule has 10 heteroatoms. The average Bonchev–Trinajstić information content (AvgIpc) is 3.59. The molecule has 3 amide bonds. The van der Waals surface area contributed by atoms with E-state index in [9.17, 15) is 19.5 Å². The maximum absolute atomic E-state index is 14.5. The van der Waals surface area contributed by atoms with Crippen molar-refractivity contribution in [1.29, 1.82) is 0 Å². The van der Waals surface area contributed by atoms with Gasteiger partial charge in [-0.15, -0.1) is 24.9 Å². The summed E-state index contributed by atoms with van der Waals surface area (Å²) in [5.41, 5.74) is 0.719. The molecule has 2 bridgehead atoms. The smallest absolute Gasteiger partial charge is 0.247 e. The first-order chi connectivity index (χ1) is 20.8. The van der Waals surface area contributed by atoms with Gasteiger partial charge in [-0.1, -0.05) is 41.4 Å². The third kappa shape index (κ3) is 6.57. The van der Waals surface area contributed by atoms with Crippen LogP contribution in [-0.4, -0.2) is 92.9 Å². The number of hydrogen-bond donors (Lipinski definition) is 1. The molecule has 3 fully saturated rings. The number of fused-ring (bicyclic) bond motifs is 1. The number of ether oxygens (including phenoxy) is 1. The van der Waals surface area contributed by atoms with Gasteiger partial charge in [0.25, 0.3) is 0 Å². The quantitative estimate of drug-likeness (QED) is 0.141. The average molecular weight is 677 g/mol. The van der Waals surface area contributed by atoms with Crippen molar-refractivity contribution in [2.75, 3.05) is 44.3 Å². The van der Waals surface area contributed by atoms with E-state index in [1.165, 1.54) is 0 Å². The van der Waals surface area contributed by atoms with Crippen LogP contribution in [0.5, 0.6) is 5.75 Å². The van der Waals surface area contributed by atoms with Gasteiger partial charge in [-0.25, -0.2) is 0 Å². The van der Waals surface area contributed by atoms with Crippen LogP contribution in [0.1, 0.15) is 52.4 Å². The molecule has 0 aliphatic carbocycles. The first-order valence-corrected chi connectivity index (χ1v) is 17.4. The fourth-order valence-corrected chi connectivity index (χ4v) is 10.6. The number of aliphatic hydroxyl groups excluding tert-OH is 1. The second kappa shape index (κ2) is 15.1. The number of rotatable bonds is 17. The highest BCUT2D eigenvalue weighted by molar-refractivity contribution is 9.09. The monoisotopic (exact) mass is 675 g/mol. The number of hydrogen-bond acceptors (Lipinski definition) is 6. The molecular weight excluding hydrogens is 630 g/mol. The van der Waals surface area contributed by atoms with E-state index in [0.717, 1.165) is 30.7 Å². The highest BCUT2D eigenvalue weighted by Gasteiger charge is 2.76. The summed E-state index contributed by atoms with van der Waals surface area (Å²) in [6.45, 7) is 14.2. The van der Waals surface area contributed by atoms with Crippen LogP contribution >= 0.6 is 27.7 Å². The number of anilines is 1. The van der Waals surface area contributed by atoms with E-state index in [1.54, 1.807) is 33.7 Å². The largest absolute Gasteiger partial charge is 0.494 e. The van der Waals surface area contributed by atoms with E-state index in [0.29, 0.717) is 52.0 Å². The second-order valence-corrected chi connectivity index (χ2v) is 14.3. The van der Waals surface area contributed by atoms with Crippen molar-refractivity contribution >= 4 is 51.1 Å². The third-order valence-electron chi connectivity index (χ3n) is 8.85. The molecule has 1 aromatic carbocycles. The van der Waals surface area contributed by atoms with Gasteiger partial charge >= 0.3 is 0 Å². The molecule has 6 atom stereocenters. The zero-order valence-electron chi connectivity index (χ0n) is 25.5.